The summed E-state index contributed by atoms with van der Waals surface area (Å²) in [6.45, 7) is 1.16. The molecule has 2 aromatic carbocycles. The first-order valence-electron chi connectivity index (χ1n) is 7.69. The van der Waals surface area contributed by atoms with Crippen LogP contribution in [0.25, 0.3) is 0 Å². The van der Waals surface area contributed by atoms with Gasteiger partial charge >= 0.3 is 0 Å². The Morgan fingerprint density at radius 1 is 1.20 bits per heavy atom. The Labute approximate surface area is 159 Å². The Bertz CT molecular complexity index is 811. The Hall–Kier alpha value is -1.56. The lowest BCUT2D eigenvalue weighted by molar-refractivity contribution is -0.126. The van der Waals surface area contributed by atoms with Gasteiger partial charge in [0.15, 0.2) is 5.17 Å². The predicted molar refractivity (Wildman–Crippen MR) is 102 cm³/mol. The SMILES string of the molecule is O=C(Cc1ccc(F)cc1)N1CCN=C1SCc1ccc(Cl)cc1Cl. The van der Waals surface area contributed by atoms with Gasteiger partial charge in [0, 0.05) is 22.3 Å². The van der Waals surface area contributed by atoms with Gasteiger partial charge in [-0.15, -0.1) is 0 Å². The highest BCUT2D eigenvalue weighted by Crippen LogP contribution is 2.27. The van der Waals surface area contributed by atoms with Gasteiger partial charge in [-0.3, -0.25) is 14.7 Å². The molecule has 0 fully saturated rings. The summed E-state index contributed by atoms with van der Waals surface area (Å²) in [7, 11) is 0. The van der Waals surface area contributed by atoms with Crippen LogP contribution in [0.1, 0.15) is 11.1 Å². The first kappa shape index (κ1) is 18.2. The summed E-state index contributed by atoms with van der Waals surface area (Å²) in [5.74, 6) is 0.252. The van der Waals surface area contributed by atoms with Crippen molar-refractivity contribution in [2.45, 2.75) is 12.2 Å². The molecular weight excluding hydrogens is 382 g/mol. The van der Waals surface area contributed by atoms with Crippen LogP contribution in [-0.4, -0.2) is 29.1 Å². The number of carbonyl (C=O) groups excluding carboxylic acids is 1. The average molecular weight is 397 g/mol. The Morgan fingerprint density at radius 2 is 1.96 bits per heavy atom. The highest BCUT2D eigenvalue weighted by atomic mass is 35.5. The average Bonchev–Trinajstić information content (AvgIpc) is 3.05. The van der Waals surface area contributed by atoms with Crippen molar-refractivity contribution in [1.82, 2.24) is 4.90 Å². The summed E-state index contributed by atoms with van der Waals surface area (Å²) in [5, 5.41) is 1.88. The van der Waals surface area contributed by atoms with Crippen LogP contribution < -0.4 is 0 Å². The monoisotopic (exact) mass is 396 g/mol. The molecule has 0 saturated heterocycles. The molecule has 3 nitrogen and oxygen atoms in total. The maximum Gasteiger partial charge on any atom is 0.233 e. The van der Waals surface area contributed by atoms with Crippen molar-refractivity contribution in [1.29, 1.82) is 0 Å². The minimum atomic E-state index is -0.310. The van der Waals surface area contributed by atoms with E-state index in [-0.39, 0.29) is 18.1 Å². The van der Waals surface area contributed by atoms with Crippen LogP contribution >= 0.6 is 35.0 Å². The van der Waals surface area contributed by atoms with E-state index in [9.17, 15) is 9.18 Å². The number of aliphatic imine (C=N–C) groups is 1. The van der Waals surface area contributed by atoms with Gasteiger partial charge in [-0.1, -0.05) is 53.2 Å². The fourth-order valence-corrected chi connectivity index (χ4v) is 4.06. The number of amides is 1. The van der Waals surface area contributed by atoms with Crippen molar-refractivity contribution < 1.29 is 9.18 Å². The zero-order chi connectivity index (χ0) is 17.8. The van der Waals surface area contributed by atoms with Gasteiger partial charge in [0.1, 0.15) is 5.82 Å². The standard InChI is InChI=1S/C18H15Cl2FN2OS/c19-14-4-3-13(16(20)10-14)11-25-18-22-7-8-23(18)17(24)9-12-1-5-15(21)6-2-12/h1-6,10H,7-9,11H2. The second kappa shape index (κ2) is 8.21. The van der Waals surface area contributed by atoms with Gasteiger partial charge < -0.3 is 0 Å². The van der Waals surface area contributed by atoms with Crippen molar-refractivity contribution in [3.05, 3.63) is 69.5 Å². The molecule has 1 amide bonds. The summed E-state index contributed by atoms with van der Waals surface area (Å²) in [6, 6.07) is 11.3. The molecule has 0 radical (unpaired) electrons. The number of halogens is 3. The number of nitrogens with zero attached hydrogens (tertiary/aromatic N) is 2. The predicted octanol–water partition coefficient (Wildman–Crippen LogP) is 4.81. The molecule has 0 spiro atoms. The van der Waals surface area contributed by atoms with Crippen LogP contribution in [0.4, 0.5) is 4.39 Å². The lowest BCUT2D eigenvalue weighted by Crippen LogP contribution is -2.34. The van der Waals surface area contributed by atoms with E-state index >= 15 is 0 Å². The van der Waals surface area contributed by atoms with E-state index in [1.54, 1.807) is 29.2 Å². The zero-order valence-electron chi connectivity index (χ0n) is 13.2. The van der Waals surface area contributed by atoms with Crippen LogP contribution in [0.2, 0.25) is 10.0 Å². The molecule has 0 aromatic heterocycles. The summed E-state index contributed by atoms with van der Waals surface area (Å²) in [6.07, 6.45) is 0.224. The van der Waals surface area contributed by atoms with Gasteiger partial charge in [0.25, 0.3) is 0 Å². The third-order valence-electron chi connectivity index (χ3n) is 3.74. The number of hydrogen-bond donors (Lipinski definition) is 0. The van der Waals surface area contributed by atoms with E-state index in [0.717, 1.165) is 11.1 Å². The van der Waals surface area contributed by atoms with E-state index < -0.39 is 0 Å². The molecule has 1 heterocycles. The van der Waals surface area contributed by atoms with E-state index in [4.69, 9.17) is 23.2 Å². The molecule has 3 rings (SSSR count). The smallest absolute Gasteiger partial charge is 0.233 e. The van der Waals surface area contributed by atoms with E-state index in [1.165, 1.54) is 23.9 Å². The fraction of sp³-hybridized carbons (Fsp3) is 0.222. The first-order chi connectivity index (χ1) is 12.0. The number of hydrogen-bond acceptors (Lipinski definition) is 3. The minimum Gasteiger partial charge on any atom is -0.289 e. The normalized spacial score (nSPS) is 13.9. The van der Waals surface area contributed by atoms with Crippen molar-refractivity contribution in [3.63, 3.8) is 0 Å². The molecule has 0 bridgehead atoms. The summed E-state index contributed by atoms with van der Waals surface area (Å²) in [5.41, 5.74) is 1.72. The van der Waals surface area contributed by atoms with Gasteiger partial charge in [-0.25, -0.2) is 4.39 Å². The molecule has 0 saturated carbocycles. The molecule has 0 aliphatic carbocycles. The fourth-order valence-electron chi connectivity index (χ4n) is 2.43. The number of benzene rings is 2. The van der Waals surface area contributed by atoms with E-state index in [1.807, 2.05) is 6.07 Å². The summed E-state index contributed by atoms with van der Waals surface area (Å²) < 4.78 is 13.0. The van der Waals surface area contributed by atoms with Crippen molar-refractivity contribution >= 4 is 46.0 Å². The molecule has 0 unspecified atom stereocenters. The van der Waals surface area contributed by atoms with Crippen LogP contribution in [0.15, 0.2) is 47.5 Å². The highest BCUT2D eigenvalue weighted by molar-refractivity contribution is 8.13. The Kier molecular flexibility index (Phi) is 5.99. The Balaban J connectivity index is 1.61. The molecule has 0 atom stereocenters. The van der Waals surface area contributed by atoms with E-state index in [2.05, 4.69) is 4.99 Å². The zero-order valence-corrected chi connectivity index (χ0v) is 15.5. The van der Waals surface area contributed by atoms with Crippen molar-refractivity contribution in [2.75, 3.05) is 13.1 Å². The molecule has 130 valence electrons. The number of thioether (sulfide) groups is 1. The summed E-state index contributed by atoms with van der Waals surface area (Å²) in [4.78, 5) is 18.6. The highest BCUT2D eigenvalue weighted by Gasteiger charge is 2.24. The number of amidine groups is 1. The molecule has 1 aliphatic rings. The minimum absolute atomic E-state index is 0.0439. The number of carbonyl (C=O) groups is 1. The van der Waals surface area contributed by atoms with Gasteiger partial charge in [-0.05, 0) is 35.4 Å². The van der Waals surface area contributed by atoms with Crippen molar-refractivity contribution in [2.24, 2.45) is 4.99 Å². The van der Waals surface area contributed by atoms with E-state index in [0.29, 0.717) is 34.1 Å². The lowest BCUT2D eigenvalue weighted by atomic mass is 10.1. The number of rotatable bonds is 4. The van der Waals surface area contributed by atoms with Crippen LogP contribution in [-0.2, 0) is 17.0 Å². The first-order valence-corrected chi connectivity index (χ1v) is 9.43. The molecule has 0 N–H and O–H groups in total. The lowest BCUT2D eigenvalue weighted by Gasteiger charge is -2.18. The van der Waals surface area contributed by atoms with Gasteiger partial charge in [-0.2, -0.15) is 0 Å². The topological polar surface area (TPSA) is 32.7 Å². The molecular formula is C18H15Cl2FN2OS. The summed E-state index contributed by atoms with van der Waals surface area (Å²) >= 11 is 13.6. The van der Waals surface area contributed by atoms with Crippen molar-refractivity contribution in [3.8, 4) is 0 Å². The quantitative estimate of drug-likeness (QED) is 0.742. The molecule has 25 heavy (non-hydrogen) atoms. The van der Waals surface area contributed by atoms with Crippen LogP contribution in [0.5, 0.6) is 0 Å². The third kappa shape index (κ3) is 4.75. The van der Waals surface area contributed by atoms with Crippen LogP contribution in [0, 0.1) is 5.82 Å². The Morgan fingerprint density at radius 3 is 2.68 bits per heavy atom. The third-order valence-corrected chi connectivity index (χ3v) is 5.39. The molecule has 1 aliphatic heterocycles. The maximum absolute atomic E-state index is 13.0. The van der Waals surface area contributed by atoms with Gasteiger partial charge in [0.2, 0.25) is 5.91 Å². The molecule has 7 heteroatoms. The van der Waals surface area contributed by atoms with Crippen LogP contribution in [0.3, 0.4) is 0 Å². The maximum atomic E-state index is 13.0. The van der Waals surface area contributed by atoms with Gasteiger partial charge in [0.05, 0.1) is 13.0 Å². The molecule has 2 aromatic rings. The largest absolute Gasteiger partial charge is 0.289 e. The second-order valence-corrected chi connectivity index (χ2v) is 7.32. The second-order valence-electron chi connectivity index (χ2n) is 5.54.